The molecule has 0 aromatic heterocycles. The fraction of sp³-hybridized carbons (Fsp3) is 0.188. The Morgan fingerprint density at radius 1 is 1.24 bits per heavy atom. The van der Waals surface area contributed by atoms with E-state index in [0.29, 0.717) is 6.42 Å². The van der Waals surface area contributed by atoms with Crippen molar-refractivity contribution in [3.63, 3.8) is 0 Å². The molecule has 2 aromatic carbocycles. The molecule has 5 heteroatoms. The Bertz CT molecular complexity index is 702. The van der Waals surface area contributed by atoms with E-state index in [1.54, 1.807) is 0 Å². The van der Waals surface area contributed by atoms with Crippen LogP contribution in [0.25, 0.3) is 0 Å². The third kappa shape index (κ3) is 2.48. The van der Waals surface area contributed by atoms with E-state index < -0.39 is 23.9 Å². The first-order valence-corrected chi connectivity index (χ1v) is 6.61. The van der Waals surface area contributed by atoms with E-state index in [4.69, 9.17) is 5.11 Å². The number of carbonyl (C=O) groups excluding carboxylic acids is 1. The number of amides is 1. The standard InChI is InChI=1S/C16H14FNO3/c17-13-8-10(19)5-6-12(13)16(21)18-15-11-4-2-1-3-9(11)7-14(15)20/h1-6,8,14-15,19-20H,7H2,(H,18,21)/t14-,15+/m1/s1. The van der Waals surface area contributed by atoms with Crippen LogP contribution < -0.4 is 5.32 Å². The van der Waals surface area contributed by atoms with Crippen LogP contribution in [0.2, 0.25) is 0 Å². The van der Waals surface area contributed by atoms with Gasteiger partial charge >= 0.3 is 0 Å². The van der Waals surface area contributed by atoms with Crippen LogP contribution in [-0.2, 0) is 6.42 Å². The van der Waals surface area contributed by atoms with Gasteiger partial charge in [-0.05, 0) is 23.3 Å². The normalized spacial score (nSPS) is 20.1. The first kappa shape index (κ1) is 13.6. The molecule has 2 aromatic rings. The van der Waals surface area contributed by atoms with Gasteiger partial charge in [0.05, 0.1) is 17.7 Å². The monoisotopic (exact) mass is 287 g/mol. The molecule has 0 heterocycles. The van der Waals surface area contributed by atoms with Crippen molar-refractivity contribution < 1.29 is 19.4 Å². The minimum Gasteiger partial charge on any atom is -0.508 e. The first-order valence-electron chi connectivity index (χ1n) is 6.61. The Morgan fingerprint density at radius 2 is 2.00 bits per heavy atom. The summed E-state index contributed by atoms with van der Waals surface area (Å²) in [5, 5.41) is 21.9. The van der Waals surface area contributed by atoms with Gasteiger partial charge in [0.1, 0.15) is 11.6 Å². The molecule has 1 aliphatic rings. The molecule has 3 rings (SSSR count). The van der Waals surface area contributed by atoms with Gasteiger partial charge in [-0.15, -0.1) is 0 Å². The SMILES string of the molecule is O=C(N[C@H]1c2ccccc2C[C@H]1O)c1ccc(O)cc1F. The maximum atomic E-state index is 13.7. The highest BCUT2D eigenvalue weighted by Crippen LogP contribution is 2.31. The summed E-state index contributed by atoms with van der Waals surface area (Å²) in [4.78, 5) is 12.1. The summed E-state index contributed by atoms with van der Waals surface area (Å²) in [6.45, 7) is 0. The van der Waals surface area contributed by atoms with Crippen LogP contribution >= 0.6 is 0 Å². The van der Waals surface area contributed by atoms with E-state index in [-0.39, 0.29) is 11.3 Å². The largest absolute Gasteiger partial charge is 0.508 e. The van der Waals surface area contributed by atoms with Crippen molar-refractivity contribution in [3.8, 4) is 5.75 Å². The molecule has 0 saturated carbocycles. The maximum absolute atomic E-state index is 13.7. The molecule has 0 fully saturated rings. The van der Waals surface area contributed by atoms with Gasteiger partial charge in [-0.1, -0.05) is 24.3 Å². The molecular formula is C16H14FNO3. The molecule has 21 heavy (non-hydrogen) atoms. The number of hydrogen-bond donors (Lipinski definition) is 3. The average Bonchev–Trinajstić information content (AvgIpc) is 2.75. The summed E-state index contributed by atoms with van der Waals surface area (Å²) in [5.41, 5.74) is 1.66. The van der Waals surface area contributed by atoms with E-state index in [9.17, 15) is 14.3 Å². The zero-order valence-electron chi connectivity index (χ0n) is 11.1. The molecule has 0 spiro atoms. The number of aliphatic hydroxyl groups is 1. The van der Waals surface area contributed by atoms with E-state index in [2.05, 4.69) is 5.32 Å². The highest BCUT2D eigenvalue weighted by Gasteiger charge is 2.32. The van der Waals surface area contributed by atoms with Crippen LogP contribution in [-0.4, -0.2) is 22.2 Å². The molecule has 2 atom stereocenters. The second-order valence-electron chi connectivity index (χ2n) is 5.09. The second kappa shape index (κ2) is 5.18. The first-order chi connectivity index (χ1) is 10.1. The Morgan fingerprint density at radius 3 is 2.76 bits per heavy atom. The lowest BCUT2D eigenvalue weighted by molar-refractivity contribution is 0.0854. The quantitative estimate of drug-likeness (QED) is 0.790. The van der Waals surface area contributed by atoms with E-state index >= 15 is 0 Å². The number of rotatable bonds is 2. The Balaban J connectivity index is 1.85. The Hall–Kier alpha value is -2.40. The lowest BCUT2D eigenvalue weighted by Crippen LogP contribution is -2.34. The molecule has 1 aliphatic carbocycles. The fourth-order valence-electron chi connectivity index (χ4n) is 2.66. The summed E-state index contributed by atoms with van der Waals surface area (Å²) >= 11 is 0. The third-order valence-electron chi connectivity index (χ3n) is 3.69. The summed E-state index contributed by atoms with van der Waals surface area (Å²) in [6.07, 6.45) is -0.273. The number of fused-ring (bicyclic) bond motifs is 1. The lowest BCUT2D eigenvalue weighted by Gasteiger charge is -2.18. The van der Waals surface area contributed by atoms with E-state index in [1.165, 1.54) is 12.1 Å². The predicted molar refractivity (Wildman–Crippen MR) is 74.4 cm³/mol. The fourth-order valence-corrected chi connectivity index (χ4v) is 2.66. The number of hydrogen-bond acceptors (Lipinski definition) is 3. The average molecular weight is 287 g/mol. The van der Waals surface area contributed by atoms with Gasteiger partial charge in [-0.2, -0.15) is 0 Å². The van der Waals surface area contributed by atoms with Crippen molar-refractivity contribution in [1.82, 2.24) is 5.32 Å². The highest BCUT2D eigenvalue weighted by molar-refractivity contribution is 5.95. The van der Waals surface area contributed by atoms with Gasteiger partial charge in [0.25, 0.3) is 5.91 Å². The van der Waals surface area contributed by atoms with Gasteiger partial charge in [0.15, 0.2) is 0 Å². The molecule has 0 bridgehead atoms. The Labute approximate surface area is 120 Å². The highest BCUT2D eigenvalue weighted by atomic mass is 19.1. The van der Waals surface area contributed by atoms with Crippen molar-refractivity contribution in [2.45, 2.75) is 18.6 Å². The molecular weight excluding hydrogens is 273 g/mol. The number of phenolic OH excluding ortho intramolecular Hbond substituents is 1. The summed E-state index contributed by atoms with van der Waals surface area (Å²) < 4.78 is 13.7. The van der Waals surface area contributed by atoms with E-state index in [1.807, 2.05) is 24.3 Å². The molecule has 1 amide bonds. The van der Waals surface area contributed by atoms with Crippen LogP contribution in [0.1, 0.15) is 27.5 Å². The van der Waals surface area contributed by atoms with Crippen LogP contribution in [0.5, 0.6) is 5.75 Å². The van der Waals surface area contributed by atoms with E-state index in [0.717, 1.165) is 17.2 Å². The zero-order valence-corrected chi connectivity index (χ0v) is 11.1. The molecule has 0 unspecified atom stereocenters. The van der Waals surface area contributed by atoms with Crippen molar-refractivity contribution in [2.75, 3.05) is 0 Å². The topological polar surface area (TPSA) is 69.6 Å². The summed E-state index contributed by atoms with van der Waals surface area (Å²) in [7, 11) is 0. The van der Waals surface area contributed by atoms with Crippen molar-refractivity contribution in [2.24, 2.45) is 0 Å². The smallest absolute Gasteiger partial charge is 0.254 e. The van der Waals surface area contributed by atoms with Gasteiger partial charge in [0, 0.05) is 12.5 Å². The summed E-state index contributed by atoms with van der Waals surface area (Å²) in [5.74, 6) is -1.66. The molecule has 0 radical (unpaired) electrons. The predicted octanol–water partition coefficient (Wildman–Crippen LogP) is 1.92. The molecule has 4 nitrogen and oxygen atoms in total. The van der Waals surface area contributed by atoms with Gasteiger partial charge in [-0.3, -0.25) is 4.79 Å². The maximum Gasteiger partial charge on any atom is 0.254 e. The molecule has 108 valence electrons. The third-order valence-corrected chi connectivity index (χ3v) is 3.69. The zero-order chi connectivity index (χ0) is 15.0. The number of aromatic hydroxyl groups is 1. The van der Waals surface area contributed by atoms with Crippen molar-refractivity contribution >= 4 is 5.91 Å². The van der Waals surface area contributed by atoms with Gasteiger partial charge in [-0.25, -0.2) is 4.39 Å². The summed E-state index contributed by atoms with van der Waals surface area (Å²) in [6, 6.07) is 10.2. The lowest BCUT2D eigenvalue weighted by atomic mass is 10.1. The molecule has 0 saturated heterocycles. The number of aliphatic hydroxyl groups excluding tert-OH is 1. The number of halogens is 1. The van der Waals surface area contributed by atoms with Gasteiger partial charge in [0.2, 0.25) is 0 Å². The van der Waals surface area contributed by atoms with Gasteiger partial charge < -0.3 is 15.5 Å². The minimum atomic E-state index is -0.798. The van der Waals surface area contributed by atoms with Crippen molar-refractivity contribution in [3.05, 3.63) is 65.0 Å². The van der Waals surface area contributed by atoms with Crippen molar-refractivity contribution in [1.29, 1.82) is 0 Å². The number of benzene rings is 2. The number of phenols is 1. The Kier molecular flexibility index (Phi) is 3.35. The van der Waals surface area contributed by atoms with Crippen LogP contribution in [0.3, 0.4) is 0 Å². The minimum absolute atomic E-state index is 0.163. The molecule has 3 N–H and O–H groups in total. The second-order valence-corrected chi connectivity index (χ2v) is 5.09. The number of carbonyl (C=O) groups is 1. The number of nitrogens with one attached hydrogen (secondary N) is 1. The molecule has 0 aliphatic heterocycles. The van der Waals surface area contributed by atoms with Crippen LogP contribution in [0.4, 0.5) is 4.39 Å². The van der Waals surface area contributed by atoms with Crippen LogP contribution in [0, 0.1) is 5.82 Å². The van der Waals surface area contributed by atoms with Crippen LogP contribution in [0.15, 0.2) is 42.5 Å².